The Bertz CT molecular complexity index is 644. The second-order valence-corrected chi connectivity index (χ2v) is 6.11. The summed E-state index contributed by atoms with van der Waals surface area (Å²) in [5.41, 5.74) is 1.90. The van der Waals surface area contributed by atoms with E-state index in [-0.39, 0.29) is 6.04 Å². The van der Waals surface area contributed by atoms with E-state index in [2.05, 4.69) is 37.2 Å². The van der Waals surface area contributed by atoms with Gasteiger partial charge < -0.3 is 9.67 Å². The van der Waals surface area contributed by atoms with Crippen molar-refractivity contribution in [3.8, 4) is 0 Å². The zero-order valence-corrected chi connectivity index (χ0v) is 13.3. The van der Waals surface area contributed by atoms with Crippen molar-refractivity contribution < 1.29 is 9.90 Å². The molecule has 1 heterocycles. The molecule has 1 N–H and O–H groups in total. The van der Waals surface area contributed by atoms with Gasteiger partial charge in [0, 0.05) is 12.5 Å². The van der Waals surface area contributed by atoms with Crippen molar-refractivity contribution in [2.24, 2.45) is 5.92 Å². The molecule has 1 aromatic heterocycles. The highest BCUT2D eigenvalue weighted by atomic mass is 16.4. The molecular formula is C17H24N2O2. The van der Waals surface area contributed by atoms with Crippen LogP contribution >= 0.6 is 0 Å². The number of imidazole rings is 1. The first-order chi connectivity index (χ1) is 9.95. The third-order valence-electron chi connectivity index (χ3n) is 3.74. The summed E-state index contributed by atoms with van der Waals surface area (Å²) in [6.07, 6.45) is 2.88. The Morgan fingerprint density at radius 1 is 1.33 bits per heavy atom. The SMILES string of the molecule is CCCc1nc2cccc(C(=O)O)c2n1C(C)CC(C)C. The molecule has 2 rings (SSSR count). The molecule has 114 valence electrons. The van der Waals surface area contributed by atoms with E-state index in [0.29, 0.717) is 11.5 Å². The molecule has 0 bridgehead atoms. The van der Waals surface area contributed by atoms with Crippen LogP contribution in [0.3, 0.4) is 0 Å². The molecule has 4 nitrogen and oxygen atoms in total. The van der Waals surface area contributed by atoms with Crippen molar-refractivity contribution in [1.29, 1.82) is 0 Å². The predicted octanol–water partition coefficient (Wildman–Crippen LogP) is 4.29. The summed E-state index contributed by atoms with van der Waals surface area (Å²) in [5.74, 6) is 0.666. The fourth-order valence-corrected chi connectivity index (χ4v) is 3.03. The second kappa shape index (κ2) is 6.29. The van der Waals surface area contributed by atoms with Gasteiger partial charge in [-0.05, 0) is 37.8 Å². The molecular weight excluding hydrogens is 264 g/mol. The molecule has 0 saturated heterocycles. The smallest absolute Gasteiger partial charge is 0.337 e. The number of aromatic nitrogens is 2. The van der Waals surface area contributed by atoms with E-state index >= 15 is 0 Å². The van der Waals surface area contributed by atoms with Gasteiger partial charge in [0.1, 0.15) is 5.82 Å². The molecule has 0 aliphatic heterocycles. The Hall–Kier alpha value is -1.84. The average Bonchev–Trinajstić information content (AvgIpc) is 2.75. The number of aryl methyl sites for hydroxylation is 1. The Labute approximate surface area is 125 Å². The number of para-hydroxylation sites is 1. The Balaban J connectivity index is 2.67. The Morgan fingerprint density at radius 3 is 2.62 bits per heavy atom. The van der Waals surface area contributed by atoms with Crippen LogP contribution in [0.5, 0.6) is 0 Å². The summed E-state index contributed by atoms with van der Waals surface area (Å²) in [7, 11) is 0. The average molecular weight is 288 g/mol. The fourth-order valence-electron chi connectivity index (χ4n) is 3.03. The molecule has 1 unspecified atom stereocenters. The molecule has 0 saturated carbocycles. The summed E-state index contributed by atoms with van der Waals surface area (Å²) in [5, 5.41) is 9.47. The molecule has 0 spiro atoms. The van der Waals surface area contributed by atoms with E-state index in [1.54, 1.807) is 12.1 Å². The first-order valence-electron chi connectivity index (χ1n) is 7.68. The molecule has 0 fully saturated rings. The summed E-state index contributed by atoms with van der Waals surface area (Å²) >= 11 is 0. The van der Waals surface area contributed by atoms with Gasteiger partial charge in [0.15, 0.2) is 0 Å². The highest BCUT2D eigenvalue weighted by Crippen LogP contribution is 2.28. The summed E-state index contributed by atoms with van der Waals surface area (Å²) < 4.78 is 2.14. The van der Waals surface area contributed by atoms with Crippen LogP contribution in [0, 0.1) is 5.92 Å². The van der Waals surface area contributed by atoms with Gasteiger partial charge in [-0.2, -0.15) is 0 Å². The quantitative estimate of drug-likeness (QED) is 0.862. The van der Waals surface area contributed by atoms with E-state index in [4.69, 9.17) is 0 Å². The second-order valence-electron chi connectivity index (χ2n) is 6.11. The summed E-state index contributed by atoms with van der Waals surface area (Å²) in [6.45, 7) is 8.65. The third kappa shape index (κ3) is 3.09. The van der Waals surface area contributed by atoms with Crippen molar-refractivity contribution in [2.45, 2.75) is 53.0 Å². The maximum Gasteiger partial charge on any atom is 0.337 e. The molecule has 0 aliphatic rings. The molecule has 0 radical (unpaired) electrons. The van der Waals surface area contributed by atoms with E-state index in [9.17, 15) is 9.90 Å². The third-order valence-corrected chi connectivity index (χ3v) is 3.74. The molecule has 4 heteroatoms. The molecule has 1 aromatic carbocycles. The first kappa shape index (κ1) is 15.5. The van der Waals surface area contributed by atoms with Gasteiger partial charge in [-0.15, -0.1) is 0 Å². The highest BCUT2D eigenvalue weighted by molar-refractivity contribution is 6.01. The van der Waals surface area contributed by atoms with Crippen molar-refractivity contribution in [1.82, 2.24) is 9.55 Å². The number of hydrogen-bond acceptors (Lipinski definition) is 2. The summed E-state index contributed by atoms with van der Waals surface area (Å²) in [6, 6.07) is 5.59. The van der Waals surface area contributed by atoms with Crippen molar-refractivity contribution in [2.75, 3.05) is 0 Å². The van der Waals surface area contributed by atoms with Crippen LogP contribution < -0.4 is 0 Å². The number of rotatable bonds is 6. The van der Waals surface area contributed by atoms with Crippen molar-refractivity contribution in [3.05, 3.63) is 29.6 Å². The Morgan fingerprint density at radius 2 is 2.05 bits per heavy atom. The molecule has 0 aliphatic carbocycles. The Kier molecular flexibility index (Phi) is 4.66. The minimum absolute atomic E-state index is 0.247. The number of benzene rings is 1. The fraction of sp³-hybridized carbons (Fsp3) is 0.529. The van der Waals surface area contributed by atoms with Crippen LogP contribution in [0.25, 0.3) is 11.0 Å². The maximum atomic E-state index is 11.5. The van der Waals surface area contributed by atoms with Gasteiger partial charge in [0.25, 0.3) is 0 Å². The van der Waals surface area contributed by atoms with Crippen molar-refractivity contribution >= 4 is 17.0 Å². The number of carboxylic acids is 1. The van der Waals surface area contributed by atoms with Gasteiger partial charge in [-0.1, -0.05) is 26.8 Å². The highest BCUT2D eigenvalue weighted by Gasteiger charge is 2.21. The zero-order valence-electron chi connectivity index (χ0n) is 13.3. The van der Waals surface area contributed by atoms with Crippen LogP contribution in [0.4, 0.5) is 0 Å². The first-order valence-corrected chi connectivity index (χ1v) is 7.68. The lowest BCUT2D eigenvalue weighted by Gasteiger charge is -2.20. The molecule has 0 amide bonds. The van der Waals surface area contributed by atoms with Gasteiger partial charge in [-0.3, -0.25) is 0 Å². The lowest BCUT2D eigenvalue weighted by Crippen LogP contribution is -2.13. The molecule has 2 aromatic rings. The number of aromatic carboxylic acids is 1. The number of carboxylic acid groups (broad SMARTS) is 1. The number of carbonyl (C=O) groups is 1. The van der Waals surface area contributed by atoms with Gasteiger partial charge in [0.2, 0.25) is 0 Å². The van der Waals surface area contributed by atoms with Crippen LogP contribution in [0.2, 0.25) is 0 Å². The number of hydrogen-bond donors (Lipinski definition) is 1. The lowest BCUT2D eigenvalue weighted by atomic mass is 10.0. The van der Waals surface area contributed by atoms with Gasteiger partial charge in [-0.25, -0.2) is 9.78 Å². The normalized spacial score (nSPS) is 13.0. The van der Waals surface area contributed by atoms with E-state index in [1.807, 2.05) is 6.07 Å². The van der Waals surface area contributed by atoms with Gasteiger partial charge in [0.05, 0.1) is 16.6 Å². The minimum Gasteiger partial charge on any atom is -0.478 e. The van der Waals surface area contributed by atoms with E-state index in [0.717, 1.165) is 36.1 Å². The van der Waals surface area contributed by atoms with Crippen LogP contribution in [-0.2, 0) is 6.42 Å². The number of nitrogens with zero attached hydrogens (tertiary/aromatic N) is 2. The van der Waals surface area contributed by atoms with Gasteiger partial charge >= 0.3 is 5.97 Å². The van der Waals surface area contributed by atoms with Crippen LogP contribution in [0.15, 0.2) is 18.2 Å². The summed E-state index contributed by atoms with van der Waals surface area (Å²) in [4.78, 5) is 16.2. The molecule has 1 atom stereocenters. The standard InChI is InChI=1S/C17H24N2O2/c1-5-7-15-18-14-9-6-8-13(17(20)21)16(14)19(15)12(4)10-11(2)3/h6,8-9,11-12H,5,7,10H2,1-4H3,(H,20,21). The monoisotopic (exact) mass is 288 g/mol. The molecule has 21 heavy (non-hydrogen) atoms. The van der Waals surface area contributed by atoms with Crippen molar-refractivity contribution in [3.63, 3.8) is 0 Å². The van der Waals surface area contributed by atoms with Crippen LogP contribution in [-0.4, -0.2) is 20.6 Å². The van der Waals surface area contributed by atoms with E-state index in [1.165, 1.54) is 0 Å². The van der Waals surface area contributed by atoms with Crippen LogP contribution in [0.1, 0.15) is 62.8 Å². The lowest BCUT2D eigenvalue weighted by molar-refractivity contribution is 0.0698. The largest absolute Gasteiger partial charge is 0.478 e. The predicted molar refractivity (Wildman–Crippen MR) is 84.9 cm³/mol. The number of fused-ring (bicyclic) bond motifs is 1. The zero-order chi connectivity index (χ0) is 15.6. The maximum absolute atomic E-state index is 11.5. The topological polar surface area (TPSA) is 55.1 Å². The minimum atomic E-state index is -0.887. The van der Waals surface area contributed by atoms with E-state index < -0.39 is 5.97 Å².